The lowest BCUT2D eigenvalue weighted by molar-refractivity contribution is -0.458. The number of halogens is 17. The van der Waals surface area contributed by atoms with E-state index in [0.29, 0.717) is 0 Å². The van der Waals surface area contributed by atoms with Crippen molar-refractivity contribution < 1.29 is 92.0 Å². The van der Waals surface area contributed by atoms with E-state index < -0.39 is 69.1 Å². The van der Waals surface area contributed by atoms with E-state index in [2.05, 4.69) is 8.92 Å². The topological polar surface area (TPSA) is 52.6 Å². The Morgan fingerprint density at radius 1 is 0.629 bits per heavy atom. The van der Waals surface area contributed by atoms with Gasteiger partial charge in [0.1, 0.15) is 5.44 Å². The number of hydrogen-bond acceptors (Lipinski definition) is 5. The monoisotopic (exact) mass is 602 g/mol. The predicted molar refractivity (Wildman–Crippen MR) is 77.8 cm³/mol. The highest BCUT2D eigenvalue weighted by molar-refractivity contribution is 8.00. The summed E-state index contributed by atoms with van der Waals surface area (Å²) in [6.07, 6.45) is -7.88. The minimum absolute atomic E-state index is 0.193. The summed E-state index contributed by atoms with van der Waals surface area (Å²) in [5.41, 5.74) is -2.22. The lowest BCUT2D eigenvalue weighted by Crippen LogP contribution is -2.75. The molecule has 1 atom stereocenters. The second kappa shape index (κ2) is 8.81. The van der Waals surface area contributed by atoms with Gasteiger partial charge in [0.05, 0.1) is 13.2 Å². The highest BCUT2D eigenvalue weighted by Gasteiger charge is 2.96. The molecule has 0 saturated carbocycles. The molecule has 1 aliphatic heterocycles. The molecule has 0 aliphatic carbocycles. The average molecular weight is 602 g/mol. The fourth-order valence-electron chi connectivity index (χ4n) is 2.03. The van der Waals surface area contributed by atoms with Crippen LogP contribution in [-0.2, 0) is 19.0 Å². The van der Waals surface area contributed by atoms with Gasteiger partial charge in [0.15, 0.2) is 0 Å². The lowest BCUT2D eigenvalue weighted by Gasteiger charge is -2.42. The minimum atomic E-state index is -8.87. The number of ether oxygens (including phenoxy) is 1. The predicted octanol–water partition coefficient (Wildman–Crippen LogP) is 5.39. The molecule has 0 aromatic carbocycles. The zero-order valence-corrected chi connectivity index (χ0v) is 17.2. The summed E-state index contributed by atoms with van der Waals surface area (Å²) in [5.74, 6) is -52.1. The van der Waals surface area contributed by atoms with Crippen LogP contribution in [0, 0.1) is 0 Å². The van der Waals surface area contributed by atoms with Crippen molar-refractivity contribution in [2.24, 2.45) is 0 Å². The van der Waals surface area contributed by atoms with E-state index in [0.717, 1.165) is 0 Å². The third-order valence-electron chi connectivity index (χ3n) is 4.03. The summed E-state index contributed by atoms with van der Waals surface area (Å²) in [4.78, 5) is 0. The van der Waals surface area contributed by atoms with Crippen molar-refractivity contribution in [1.82, 2.24) is 0 Å². The molecular formula is C12H7F17O4S2. The highest BCUT2D eigenvalue weighted by Crippen LogP contribution is 2.64. The van der Waals surface area contributed by atoms with Gasteiger partial charge in [-0.25, -0.2) is 4.18 Å². The van der Waals surface area contributed by atoms with E-state index in [9.17, 15) is 83.1 Å². The summed E-state index contributed by atoms with van der Waals surface area (Å²) in [5, 5.41) is -7.68. The number of thioether (sulfide) groups is 1. The molecule has 23 heteroatoms. The third kappa shape index (κ3) is 4.50. The van der Waals surface area contributed by atoms with Gasteiger partial charge in [0.25, 0.3) is 0 Å². The van der Waals surface area contributed by atoms with Crippen LogP contribution < -0.4 is 0 Å². The van der Waals surface area contributed by atoms with Crippen LogP contribution in [0.1, 0.15) is 0 Å². The smallest absolute Gasteiger partial charge is 0.377 e. The second-order valence-electron chi connectivity index (χ2n) is 6.39. The Labute approximate surface area is 186 Å². The van der Waals surface area contributed by atoms with Crippen LogP contribution in [0.5, 0.6) is 0 Å². The summed E-state index contributed by atoms with van der Waals surface area (Å²) in [6.45, 7) is -1.23. The molecule has 1 saturated heterocycles. The fraction of sp³-hybridized carbons (Fsp3) is 1.00. The molecule has 0 amide bonds. The van der Waals surface area contributed by atoms with Gasteiger partial charge in [-0.2, -0.15) is 83.1 Å². The van der Waals surface area contributed by atoms with Crippen LogP contribution in [0.2, 0.25) is 0 Å². The molecule has 4 nitrogen and oxygen atoms in total. The molecule has 0 aromatic rings. The second-order valence-corrected chi connectivity index (χ2v) is 9.27. The first-order chi connectivity index (χ1) is 15.1. The van der Waals surface area contributed by atoms with Gasteiger partial charge in [0, 0.05) is 5.75 Å². The molecule has 0 spiro atoms. The van der Waals surface area contributed by atoms with Crippen molar-refractivity contribution in [2.75, 3.05) is 19.0 Å². The average Bonchev–Trinajstić information content (AvgIpc) is 2.66. The van der Waals surface area contributed by atoms with Crippen LogP contribution in [0.3, 0.4) is 0 Å². The number of rotatable bonds is 9. The Kier molecular flexibility index (Phi) is 8.07. The van der Waals surface area contributed by atoms with Gasteiger partial charge >= 0.3 is 57.1 Å². The van der Waals surface area contributed by atoms with Gasteiger partial charge in [-0.05, 0) is 0 Å². The maximum absolute atomic E-state index is 13.8. The van der Waals surface area contributed by atoms with Gasteiger partial charge in [-0.1, -0.05) is 0 Å². The van der Waals surface area contributed by atoms with E-state index in [1.807, 2.05) is 0 Å². The van der Waals surface area contributed by atoms with Crippen LogP contribution in [-0.4, -0.2) is 79.8 Å². The summed E-state index contributed by atoms with van der Waals surface area (Å²) in [7, 11) is -7.55. The van der Waals surface area contributed by atoms with Crippen LogP contribution in [0.15, 0.2) is 0 Å². The van der Waals surface area contributed by atoms with Crippen molar-refractivity contribution in [2.45, 2.75) is 52.4 Å². The Morgan fingerprint density at radius 3 is 1.34 bits per heavy atom. The fourth-order valence-corrected chi connectivity index (χ4v) is 4.13. The van der Waals surface area contributed by atoms with Gasteiger partial charge < -0.3 is 4.74 Å². The van der Waals surface area contributed by atoms with E-state index in [-0.39, 0.29) is 24.1 Å². The van der Waals surface area contributed by atoms with Crippen LogP contribution in [0.4, 0.5) is 74.6 Å². The maximum Gasteiger partial charge on any atom is 0.460 e. The molecule has 0 bridgehead atoms. The molecule has 0 N–H and O–H groups in total. The summed E-state index contributed by atoms with van der Waals surface area (Å²) < 4.78 is 254. The van der Waals surface area contributed by atoms with E-state index in [1.165, 1.54) is 0 Å². The van der Waals surface area contributed by atoms with E-state index in [4.69, 9.17) is 0 Å². The Bertz CT molecular complexity index is 876. The van der Waals surface area contributed by atoms with Crippen molar-refractivity contribution in [3.05, 3.63) is 0 Å². The summed E-state index contributed by atoms with van der Waals surface area (Å²) >= 11 is 0.193. The Balaban J connectivity index is 3.59. The van der Waals surface area contributed by atoms with Crippen molar-refractivity contribution in [3.8, 4) is 0 Å². The molecule has 1 heterocycles. The van der Waals surface area contributed by atoms with Crippen molar-refractivity contribution in [3.63, 3.8) is 0 Å². The lowest BCUT2D eigenvalue weighted by atomic mass is 9.91. The molecule has 1 fully saturated rings. The zero-order valence-electron chi connectivity index (χ0n) is 15.6. The molecule has 35 heavy (non-hydrogen) atoms. The SMILES string of the molecule is O=S(=O)(OC1COCCS1)C(F)(F)C(F)(F)C(F)(F)C(F)(F)C(F)(F)C(F)(F)C(F)(F)C(F)(F)F. The molecule has 1 aliphatic rings. The van der Waals surface area contributed by atoms with Gasteiger partial charge in [0.2, 0.25) is 0 Å². The van der Waals surface area contributed by atoms with Gasteiger partial charge in [-0.3, -0.25) is 0 Å². The van der Waals surface area contributed by atoms with E-state index in [1.54, 1.807) is 0 Å². The molecular weight excluding hydrogens is 595 g/mol. The van der Waals surface area contributed by atoms with Crippen LogP contribution >= 0.6 is 11.8 Å². The highest BCUT2D eigenvalue weighted by atomic mass is 32.2. The largest absolute Gasteiger partial charge is 0.460 e. The van der Waals surface area contributed by atoms with Crippen LogP contribution in [0.25, 0.3) is 0 Å². The van der Waals surface area contributed by atoms with Gasteiger partial charge in [-0.15, -0.1) is 11.8 Å². The first kappa shape index (κ1) is 32.1. The number of hydrogen-bond donors (Lipinski definition) is 0. The first-order valence-corrected chi connectivity index (χ1v) is 10.4. The quantitative estimate of drug-likeness (QED) is 0.262. The van der Waals surface area contributed by atoms with Crippen molar-refractivity contribution >= 4 is 21.9 Å². The maximum atomic E-state index is 13.8. The Hall–Kier alpha value is -0.970. The molecule has 1 rings (SSSR count). The normalized spacial score (nSPS) is 20.8. The standard InChI is InChI=1S/C12H7F17O4S2/c13-5(14,7(17,18)9(21,22)11(25,26)27)6(15,16)8(19,20)10(23,24)12(28,29)35(30,31)33-4-3-32-1-2-34-4/h4H,1-3H2. The molecule has 0 aromatic heterocycles. The molecule has 0 radical (unpaired) electrons. The summed E-state index contributed by atoms with van der Waals surface area (Å²) in [6, 6.07) is 0. The number of alkyl halides is 17. The molecule has 1 unspecified atom stereocenters. The third-order valence-corrected chi connectivity index (χ3v) is 6.52. The van der Waals surface area contributed by atoms with Crippen molar-refractivity contribution in [1.29, 1.82) is 0 Å². The molecule has 210 valence electrons. The van der Waals surface area contributed by atoms with E-state index >= 15 is 0 Å². The first-order valence-electron chi connectivity index (χ1n) is 7.91. The zero-order chi connectivity index (χ0) is 28.3. The minimum Gasteiger partial charge on any atom is -0.377 e. The Morgan fingerprint density at radius 2 is 1.00 bits per heavy atom.